The summed E-state index contributed by atoms with van der Waals surface area (Å²) in [5.74, 6) is 0. The van der Waals surface area contributed by atoms with Crippen LogP contribution < -0.4 is 5.32 Å². The summed E-state index contributed by atoms with van der Waals surface area (Å²) in [4.78, 5) is 10.5. The second-order valence-corrected chi connectivity index (χ2v) is 4.97. The molecule has 1 atom stereocenters. The van der Waals surface area contributed by atoms with Crippen LogP contribution >= 0.6 is 0 Å². The van der Waals surface area contributed by atoms with Gasteiger partial charge in [-0.2, -0.15) is 0 Å². The van der Waals surface area contributed by atoms with E-state index < -0.39 is 0 Å². The van der Waals surface area contributed by atoms with Crippen LogP contribution in [0.3, 0.4) is 0 Å². The number of aryl methyl sites for hydroxylation is 1. The lowest BCUT2D eigenvalue weighted by atomic mass is 10.0. The molecule has 0 bridgehead atoms. The molecule has 0 aliphatic rings. The Hall–Kier alpha value is -2.36. The van der Waals surface area contributed by atoms with E-state index >= 15 is 0 Å². The lowest BCUT2D eigenvalue weighted by Crippen LogP contribution is -2.08. The standard InChI is InChI=1S/C16H18N2O2/c1-11-6-4-9-16(12(11)2)17-13(3)14-7-5-8-15(10-14)18(19)20/h4-10,13,17H,1-3H3. The maximum atomic E-state index is 10.8. The molecule has 0 saturated heterocycles. The van der Waals surface area contributed by atoms with Crippen LogP contribution in [0.5, 0.6) is 0 Å². The van der Waals surface area contributed by atoms with Gasteiger partial charge in [-0.25, -0.2) is 0 Å². The highest BCUT2D eigenvalue weighted by Gasteiger charge is 2.11. The first-order valence-electron chi connectivity index (χ1n) is 6.56. The Labute approximate surface area is 118 Å². The van der Waals surface area contributed by atoms with E-state index in [2.05, 4.69) is 25.2 Å². The van der Waals surface area contributed by atoms with E-state index in [4.69, 9.17) is 0 Å². The van der Waals surface area contributed by atoms with Crippen LogP contribution in [0, 0.1) is 24.0 Å². The number of rotatable bonds is 4. The SMILES string of the molecule is Cc1cccc(NC(C)c2cccc([N+](=O)[O-])c2)c1C. The van der Waals surface area contributed by atoms with Gasteiger partial charge in [0.25, 0.3) is 5.69 Å². The third-order valence-electron chi connectivity index (χ3n) is 3.56. The Balaban J connectivity index is 2.24. The maximum Gasteiger partial charge on any atom is 0.269 e. The minimum Gasteiger partial charge on any atom is -0.378 e. The smallest absolute Gasteiger partial charge is 0.269 e. The van der Waals surface area contributed by atoms with Crippen molar-refractivity contribution in [3.05, 3.63) is 69.3 Å². The second kappa shape index (κ2) is 5.74. The summed E-state index contributed by atoms with van der Waals surface area (Å²) in [5.41, 5.74) is 4.51. The van der Waals surface area contributed by atoms with Crippen molar-refractivity contribution in [3.63, 3.8) is 0 Å². The maximum absolute atomic E-state index is 10.8. The molecule has 0 fully saturated rings. The third kappa shape index (κ3) is 2.96. The zero-order chi connectivity index (χ0) is 14.7. The summed E-state index contributed by atoms with van der Waals surface area (Å²) < 4.78 is 0. The normalized spacial score (nSPS) is 11.9. The molecule has 0 aliphatic heterocycles. The molecule has 0 radical (unpaired) electrons. The molecule has 2 aromatic carbocycles. The van der Waals surface area contributed by atoms with Crippen LogP contribution in [0.1, 0.15) is 29.7 Å². The first-order chi connectivity index (χ1) is 9.49. The fourth-order valence-electron chi connectivity index (χ4n) is 2.13. The van der Waals surface area contributed by atoms with Crippen molar-refractivity contribution >= 4 is 11.4 Å². The van der Waals surface area contributed by atoms with Crippen LogP contribution in [0.15, 0.2) is 42.5 Å². The van der Waals surface area contributed by atoms with Crippen molar-refractivity contribution in [2.24, 2.45) is 0 Å². The highest BCUT2D eigenvalue weighted by atomic mass is 16.6. The van der Waals surface area contributed by atoms with Gasteiger partial charge in [0.05, 0.1) is 4.92 Å². The third-order valence-corrected chi connectivity index (χ3v) is 3.56. The molecule has 0 saturated carbocycles. The van der Waals surface area contributed by atoms with Gasteiger partial charge in [-0.05, 0) is 43.5 Å². The Kier molecular flexibility index (Phi) is 4.03. The first kappa shape index (κ1) is 14.1. The summed E-state index contributed by atoms with van der Waals surface area (Å²) in [6.45, 7) is 6.14. The van der Waals surface area contributed by atoms with E-state index in [1.165, 1.54) is 17.2 Å². The molecule has 4 nitrogen and oxygen atoms in total. The number of nitro benzene ring substituents is 1. The molecule has 20 heavy (non-hydrogen) atoms. The van der Waals surface area contributed by atoms with E-state index in [1.54, 1.807) is 12.1 Å². The van der Waals surface area contributed by atoms with Gasteiger partial charge in [-0.1, -0.05) is 24.3 Å². The van der Waals surface area contributed by atoms with Gasteiger partial charge in [0.2, 0.25) is 0 Å². The number of nitrogens with zero attached hydrogens (tertiary/aromatic N) is 1. The van der Waals surface area contributed by atoms with E-state index in [0.29, 0.717) is 0 Å². The van der Waals surface area contributed by atoms with Crippen LogP contribution in [-0.2, 0) is 0 Å². The summed E-state index contributed by atoms with van der Waals surface area (Å²) >= 11 is 0. The van der Waals surface area contributed by atoms with Gasteiger partial charge in [0, 0.05) is 23.9 Å². The second-order valence-electron chi connectivity index (χ2n) is 4.97. The number of nitro groups is 1. The molecule has 0 amide bonds. The van der Waals surface area contributed by atoms with Gasteiger partial charge in [0.15, 0.2) is 0 Å². The molecular formula is C16H18N2O2. The fraction of sp³-hybridized carbons (Fsp3) is 0.250. The quantitative estimate of drug-likeness (QED) is 0.662. The van der Waals surface area contributed by atoms with Crippen LogP contribution in [0.25, 0.3) is 0 Å². The van der Waals surface area contributed by atoms with Gasteiger partial charge in [0.1, 0.15) is 0 Å². The molecule has 1 unspecified atom stereocenters. The van der Waals surface area contributed by atoms with E-state index in [1.807, 2.05) is 25.1 Å². The number of nitrogens with one attached hydrogen (secondary N) is 1. The highest BCUT2D eigenvalue weighted by molar-refractivity contribution is 5.55. The largest absolute Gasteiger partial charge is 0.378 e. The molecule has 2 rings (SSSR count). The Morgan fingerprint density at radius 1 is 1.15 bits per heavy atom. The zero-order valence-corrected chi connectivity index (χ0v) is 11.9. The number of hydrogen-bond donors (Lipinski definition) is 1. The highest BCUT2D eigenvalue weighted by Crippen LogP contribution is 2.25. The summed E-state index contributed by atoms with van der Waals surface area (Å²) in [7, 11) is 0. The number of anilines is 1. The van der Waals surface area contributed by atoms with Gasteiger partial charge in [-0.3, -0.25) is 10.1 Å². The van der Waals surface area contributed by atoms with Crippen LogP contribution in [0.4, 0.5) is 11.4 Å². The summed E-state index contributed by atoms with van der Waals surface area (Å²) in [6.07, 6.45) is 0. The Morgan fingerprint density at radius 2 is 1.85 bits per heavy atom. The van der Waals surface area contributed by atoms with Crippen molar-refractivity contribution in [2.75, 3.05) is 5.32 Å². The van der Waals surface area contributed by atoms with Crippen molar-refractivity contribution in [2.45, 2.75) is 26.8 Å². The number of benzene rings is 2. The molecule has 0 aliphatic carbocycles. The minimum atomic E-state index is -0.367. The minimum absolute atomic E-state index is 0.00963. The molecule has 2 aromatic rings. The lowest BCUT2D eigenvalue weighted by Gasteiger charge is -2.18. The molecule has 104 valence electrons. The van der Waals surface area contributed by atoms with Gasteiger partial charge < -0.3 is 5.32 Å². The van der Waals surface area contributed by atoms with Crippen molar-refractivity contribution in [3.8, 4) is 0 Å². The molecule has 4 heteroatoms. The predicted molar refractivity (Wildman–Crippen MR) is 81.1 cm³/mol. The summed E-state index contributed by atoms with van der Waals surface area (Å²) in [6, 6.07) is 12.8. The number of non-ortho nitro benzene ring substituents is 1. The van der Waals surface area contributed by atoms with Gasteiger partial charge in [-0.15, -0.1) is 0 Å². The molecule has 1 N–H and O–H groups in total. The lowest BCUT2D eigenvalue weighted by molar-refractivity contribution is -0.384. The van der Waals surface area contributed by atoms with E-state index in [-0.39, 0.29) is 16.7 Å². The predicted octanol–water partition coefficient (Wildman–Crippen LogP) is 4.38. The van der Waals surface area contributed by atoms with Crippen molar-refractivity contribution in [1.82, 2.24) is 0 Å². The number of hydrogen-bond acceptors (Lipinski definition) is 3. The molecule has 0 heterocycles. The topological polar surface area (TPSA) is 55.2 Å². The molecule has 0 aromatic heterocycles. The monoisotopic (exact) mass is 270 g/mol. The summed E-state index contributed by atoms with van der Waals surface area (Å²) in [5, 5.41) is 14.2. The Morgan fingerprint density at radius 3 is 2.55 bits per heavy atom. The first-order valence-corrected chi connectivity index (χ1v) is 6.56. The van der Waals surface area contributed by atoms with E-state index in [0.717, 1.165) is 11.3 Å². The van der Waals surface area contributed by atoms with Crippen LogP contribution in [0.2, 0.25) is 0 Å². The van der Waals surface area contributed by atoms with Crippen molar-refractivity contribution in [1.29, 1.82) is 0 Å². The molecular weight excluding hydrogens is 252 g/mol. The average molecular weight is 270 g/mol. The zero-order valence-electron chi connectivity index (χ0n) is 11.9. The van der Waals surface area contributed by atoms with Gasteiger partial charge >= 0.3 is 0 Å². The van der Waals surface area contributed by atoms with Crippen LogP contribution in [-0.4, -0.2) is 4.92 Å². The Bertz CT molecular complexity index is 638. The fourth-order valence-corrected chi connectivity index (χ4v) is 2.13. The average Bonchev–Trinajstić information content (AvgIpc) is 2.44. The van der Waals surface area contributed by atoms with Crippen molar-refractivity contribution < 1.29 is 4.92 Å². The molecule has 0 spiro atoms. The van der Waals surface area contributed by atoms with E-state index in [9.17, 15) is 10.1 Å².